The zero-order chi connectivity index (χ0) is 12.5. The third-order valence-corrected chi connectivity index (χ3v) is 2.04. The smallest absolute Gasteiger partial charge is 0.121 e. The van der Waals surface area contributed by atoms with Crippen molar-refractivity contribution >= 4 is 0 Å². The molecule has 0 radical (unpaired) electrons. The number of benzene rings is 1. The topological polar surface area (TPSA) is 38.7 Å². The van der Waals surface area contributed by atoms with Crippen LogP contribution in [0.15, 0.2) is 24.3 Å². The van der Waals surface area contributed by atoms with Crippen LogP contribution in [0.25, 0.3) is 0 Å². The minimum Gasteiger partial charge on any atom is -0.488 e. The summed E-state index contributed by atoms with van der Waals surface area (Å²) in [5, 5.41) is 8.64. The average molecular weight is 234 g/mol. The Bertz CT molecular complexity index is 390. The second-order valence-electron chi connectivity index (χ2n) is 3.69. The van der Waals surface area contributed by atoms with Gasteiger partial charge in [0.1, 0.15) is 11.9 Å². The maximum absolute atomic E-state index is 8.64. The Morgan fingerprint density at radius 1 is 1.41 bits per heavy atom. The molecule has 92 valence electrons. The lowest BCUT2D eigenvalue weighted by atomic mass is 10.2. The minimum atomic E-state index is 0.0145. The van der Waals surface area contributed by atoms with Crippen molar-refractivity contribution in [1.29, 1.82) is 0 Å². The summed E-state index contributed by atoms with van der Waals surface area (Å²) in [4.78, 5) is 0. The fourth-order valence-corrected chi connectivity index (χ4v) is 1.37. The summed E-state index contributed by atoms with van der Waals surface area (Å²) in [6.07, 6.45) is 0.506. The maximum atomic E-state index is 8.64. The van der Waals surface area contributed by atoms with Gasteiger partial charge in [0.05, 0.1) is 13.2 Å². The molecule has 1 unspecified atom stereocenters. The zero-order valence-corrected chi connectivity index (χ0v) is 10.3. The molecule has 0 saturated heterocycles. The molecule has 0 aliphatic rings. The van der Waals surface area contributed by atoms with E-state index in [1.165, 1.54) is 0 Å². The van der Waals surface area contributed by atoms with E-state index in [2.05, 4.69) is 11.8 Å². The van der Waals surface area contributed by atoms with Gasteiger partial charge >= 0.3 is 0 Å². The summed E-state index contributed by atoms with van der Waals surface area (Å²) in [6.45, 7) is 2.60. The van der Waals surface area contributed by atoms with Crippen molar-refractivity contribution in [3.05, 3.63) is 29.8 Å². The van der Waals surface area contributed by atoms with Gasteiger partial charge in [-0.25, -0.2) is 0 Å². The molecule has 17 heavy (non-hydrogen) atoms. The van der Waals surface area contributed by atoms with Gasteiger partial charge < -0.3 is 14.6 Å². The van der Waals surface area contributed by atoms with Gasteiger partial charge in [0.15, 0.2) is 0 Å². The predicted octanol–water partition coefficient (Wildman–Crippen LogP) is 1.83. The molecule has 3 heteroatoms. The molecule has 1 aromatic rings. The number of hydrogen-bond acceptors (Lipinski definition) is 3. The largest absolute Gasteiger partial charge is 0.488 e. The first-order chi connectivity index (χ1) is 8.26. The molecule has 1 rings (SSSR count). The van der Waals surface area contributed by atoms with Gasteiger partial charge in [0.2, 0.25) is 0 Å². The molecular weight excluding hydrogens is 216 g/mol. The van der Waals surface area contributed by atoms with Crippen molar-refractivity contribution in [3.8, 4) is 17.6 Å². The Morgan fingerprint density at radius 3 is 2.94 bits per heavy atom. The third-order valence-electron chi connectivity index (χ3n) is 2.04. The Hall–Kier alpha value is -1.50. The molecule has 1 N–H and O–H groups in total. The van der Waals surface area contributed by atoms with Crippen LogP contribution < -0.4 is 4.74 Å². The first kappa shape index (κ1) is 13.6. The van der Waals surface area contributed by atoms with Crippen molar-refractivity contribution in [2.45, 2.75) is 19.4 Å². The van der Waals surface area contributed by atoms with Crippen molar-refractivity contribution in [3.63, 3.8) is 0 Å². The van der Waals surface area contributed by atoms with Crippen LogP contribution in [0.3, 0.4) is 0 Å². The molecule has 0 amide bonds. The fourth-order valence-electron chi connectivity index (χ4n) is 1.37. The van der Waals surface area contributed by atoms with Crippen LogP contribution in [-0.4, -0.2) is 31.5 Å². The number of ether oxygens (including phenoxy) is 2. The van der Waals surface area contributed by atoms with Crippen molar-refractivity contribution in [1.82, 2.24) is 0 Å². The van der Waals surface area contributed by atoms with E-state index in [1.807, 2.05) is 31.2 Å². The van der Waals surface area contributed by atoms with Gasteiger partial charge in [0, 0.05) is 19.1 Å². The quantitative estimate of drug-likeness (QED) is 0.790. The fraction of sp³-hybridized carbons (Fsp3) is 0.429. The van der Waals surface area contributed by atoms with Gasteiger partial charge in [-0.3, -0.25) is 0 Å². The highest BCUT2D eigenvalue weighted by atomic mass is 16.5. The summed E-state index contributed by atoms with van der Waals surface area (Å²) < 4.78 is 10.7. The highest BCUT2D eigenvalue weighted by Gasteiger charge is 2.02. The minimum absolute atomic E-state index is 0.0145. The molecule has 0 aliphatic carbocycles. The number of hydrogen-bond donors (Lipinski definition) is 1. The predicted molar refractivity (Wildman–Crippen MR) is 67.0 cm³/mol. The van der Waals surface area contributed by atoms with E-state index in [0.717, 1.165) is 11.3 Å². The monoisotopic (exact) mass is 234 g/mol. The van der Waals surface area contributed by atoms with Crippen molar-refractivity contribution < 1.29 is 14.6 Å². The molecule has 0 fully saturated rings. The number of aliphatic hydroxyl groups is 1. The molecular formula is C14H18O3. The summed E-state index contributed by atoms with van der Waals surface area (Å²) in [5.74, 6) is 6.63. The van der Waals surface area contributed by atoms with Crippen LogP contribution in [0, 0.1) is 11.8 Å². The number of rotatable bonds is 5. The Labute approximate surface area is 102 Å². The van der Waals surface area contributed by atoms with Crippen LogP contribution in [0.5, 0.6) is 5.75 Å². The molecule has 0 saturated carbocycles. The maximum Gasteiger partial charge on any atom is 0.121 e. The van der Waals surface area contributed by atoms with Crippen LogP contribution in [0.1, 0.15) is 18.9 Å². The lowest BCUT2D eigenvalue weighted by Gasteiger charge is -2.13. The van der Waals surface area contributed by atoms with E-state index in [-0.39, 0.29) is 12.7 Å². The first-order valence-electron chi connectivity index (χ1n) is 5.61. The Kier molecular flexibility index (Phi) is 6.16. The van der Waals surface area contributed by atoms with E-state index in [0.29, 0.717) is 13.0 Å². The van der Waals surface area contributed by atoms with Gasteiger partial charge in [-0.15, -0.1) is 0 Å². The van der Waals surface area contributed by atoms with Gasteiger partial charge in [-0.1, -0.05) is 17.9 Å². The molecule has 0 spiro atoms. The summed E-state index contributed by atoms with van der Waals surface area (Å²) >= 11 is 0. The lowest BCUT2D eigenvalue weighted by Crippen LogP contribution is -2.17. The number of aliphatic hydroxyl groups excluding tert-OH is 1. The van der Waals surface area contributed by atoms with E-state index >= 15 is 0 Å². The molecule has 1 atom stereocenters. The van der Waals surface area contributed by atoms with Gasteiger partial charge in [-0.2, -0.15) is 0 Å². The van der Waals surface area contributed by atoms with Gasteiger partial charge in [0.25, 0.3) is 0 Å². The van der Waals surface area contributed by atoms with Crippen LogP contribution in [0.2, 0.25) is 0 Å². The highest BCUT2D eigenvalue weighted by molar-refractivity contribution is 5.39. The Balaban J connectivity index is 2.63. The normalized spacial score (nSPS) is 11.5. The second kappa shape index (κ2) is 7.72. The molecule has 0 heterocycles. The number of methoxy groups -OCH3 is 1. The van der Waals surface area contributed by atoms with Crippen molar-refractivity contribution in [2.75, 3.05) is 20.3 Å². The van der Waals surface area contributed by atoms with Crippen LogP contribution in [0.4, 0.5) is 0 Å². The van der Waals surface area contributed by atoms with Gasteiger partial charge in [-0.05, 0) is 25.1 Å². The van der Waals surface area contributed by atoms with E-state index in [4.69, 9.17) is 14.6 Å². The van der Waals surface area contributed by atoms with Crippen LogP contribution >= 0.6 is 0 Å². The third kappa shape index (κ3) is 5.39. The summed E-state index contributed by atoms with van der Waals surface area (Å²) in [5.41, 5.74) is 0.889. The van der Waals surface area contributed by atoms with E-state index in [9.17, 15) is 0 Å². The average Bonchev–Trinajstić information content (AvgIpc) is 2.30. The first-order valence-corrected chi connectivity index (χ1v) is 5.61. The zero-order valence-electron chi connectivity index (χ0n) is 10.3. The summed E-state index contributed by atoms with van der Waals surface area (Å²) in [6, 6.07) is 7.59. The second-order valence-corrected chi connectivity index (χ2v) is 3.69. The lowest BCUT2D eigenvalue weighted by molar-refractivity contribution is 0.0921. The molecule has 1 aromatic carbocycles. The van der Waals surface area contributed by atoms with Crippen LogP contribution in [-0.2, 0) is 4.74 Å². The summed E-state index contributed by atoms with van der Waals surface area (Å²) in [7, 11) is 1.65. The van der Waals surface area contributed by atoms with Crippen molar-refractivity contribution in [2.24, 2.45) is 0 Å². The molecule has 0 aliphatic heterocycles. The molecule has 0 aromatic heterocycles. The molecule has 0 bridgehead atoms. The standard InChI is InChI=1S/C14H18O3/c1-12(11-16-2)17-14-8-5-7-13(10-14)6-3-4-9-15/h5,7-8,10,12,15H,4,9,11H2,1-2H3. The van der Waals surface area contributed by atoms with E-state index < -0.39 is 0 Å². The van der Waals surface area contributed by atoms with E-state index in [1.54, 1.807) is 7.11 Å². The SMILES string of the molecule is COCC(C)Oc1cccc(C#CCCO)c1. The Morgan fingerprint density at radius 2 is 2.24 bits per heavy atom. The molecule has 3 nitrogen and oxygen atoms in total. The highest BCUT2D eigenvalue weighted by Crippen LogP contribution is 2.14.